The monoisotopic (exact) mass is 541 g/mol. The van der Waals surface area contributed by atoms with Crippen LogP contribution in [0.3, 0.4) is 0 Å². The van der Waals surface area contributed by atoms with Gasteiger partial charge in [0.1, 0.15) is 0 Å². The van der Waals surface area contributed by atoms with Gasteiger partial charge in [-0.15, -0.1) is 4.41 Å². The molecule has 0 aliphatic carbocycles. The standard InChI is InChI=1S/C26H21Cl2N3O4S/c1-30(2)23-7-3-6-22-21(23)5-4-8-24(22)36(34,35)31(26(33)18-11-15-20(28)16-12-18)29-25(32)17-9-13-19(27)14-10-17/h3-16H,1-2H3,(H,29,32). The number of nitrogens with one attached hydrogen (secondary N) is 1. The SMILES string of the molecule is CN(C)c1cccc2c(S(=O)(=O)N(NC(=O)c3ccc(Cl)cc3)C(=O)c3ccc(Cl)cc3)cccc12. The number of hydrogen-bond acceptors (Lipinski definition) is 5. The Morgan fingerprint density at radius 2 is 1.25 bits per heavy atom. The van der Waals surface area contributed by atoms with Gasteiger partial charge in [0.25, 0.3) is 21.8 Å². The number of benzene rings is 4. The van der Waals surface area contributed by atoms with Gasteiger partial charge in [0.2, 0.25) is 0 Å². The normalized spacial score (nSPS) is 11.2. The highest BCUT2D eigenvalue weighted by Gasteiger charge is 2.34. The van der Waals surface area contributed by atoms with Crippen molar-refractivity contribution in [2.45, 2.75) is 4.90 Å². The van der Waals surface area contributed by atoms with Gasteiger partial charge in [-0.3, -0.25) is 9.59 Å². The van der Waals surface area contributed by atoms with Crippen molar-refractivity contribution in [2.75, 3.05) is 19.0 Å². The molecular formula is C26H21Cl2N3O4S. The molecule has 0 unspecified atom stereocenters. The lowest BCUT2D eigenvalue weighted by Gasteiger charge is -2.24. The molecule has 0 heterocycles. The third-order valence-corrected chi connectivity index (χ3v) is 7.60. The Kier molecular flexibility index (Phi) is 7.21. The second kappa shape index (κ2) is 10.2. The zero-order chi connectivity index (χ0) is 26.0. The highest BCUT2D eigenvalue weighted by atomic mass is 35.5. The van der Waals surface area contributed by atoms with Gasteiger partial charge in [-0.25, -0.2) is 5.43 Å². The minimum Gasteiger partial charge on any atom is -0.377 e. The quantitative estimate of drug-likeness (QED) is 0.342. The van der Waals surface area contributed by atoms with Gasteiger partial charge in [0.05, 0.1) is 4.90 Å². The Balaban J connectivity index is 1.85. The molecule has 36 heavy (non-hydrogen) atoms. The Labute approximate surface area is 218 Å². The molecule has 0 aliphatic heterocycles. The maximum absolute atomic E-state index is 14.0. The average molecular weight is 542 g/mol. The highest BCUT2D eigenvalue weighted by Crippen LogP contribution is 2.32. The van der Waals surface area contributed by atoms with Gasteiger partial charge >= 0.3 is 0 Å². The van der Waals surface area contributed by atoms with Crippen LogP contribution in [0.2, 0.25) is 10.0 Å². The lowest BCUT2D eigenvalue weighted by Crippen LogP contribution is -2.49. The summed E-state index contributed by atoms with van der Waals surface area (Å²) in [4.78, 5) is 28.2. The smallest absolute Gasteiger partial charge is 0.286 e. The van der Waals surface area contributed by atoms with Crippen LogP contribution in [0, 0.1) is 0 Å². The summed E-state index contributed by atoms with van der Waals surface area (Å²) < 4.78 is 28.3. The summed E-state index contributed by atoms with van der Waals surface area (Å²) in [5.74, 6) is -1.75. The highest BCUT2D eigenvalue weighted by molar-refractivity contribution is 7.89. The number of carbonyl (C=O) groups excluding carboxylic acids is 2. The number of rotatable bonds is 5. The topological polar surface area (TPSA) is 86.8 Å². The fourth-order valence-corrected chi connectivity index (χ4v) is 5.35. The molecule has 0 aromatic heterocycles. The maximum Gasteiger partial charge on any atom is 0.286 e. The first-order chi connectivity index (χ1) is 17.1. The lowest BCUT2D eigenvalue weighted by atomic mass is 10.1. The predicted molar refractivity (Wildman–Crippen MR) is 142 cm³/mol. The number of fused-ring (bicyclic) bond motifs is 1. The first-order valence-corrected chi connectivity index (χ1v) is 12.9. The van der Waals surface area contributed by atoms with Gasteiger partial charge < -0.3 is 4.90 Å². The van der Waals surface area contributed by atoms with Gasteiger partial charge in [-0.05, 0) is 60.7 Å². The molecule has 4 aromatic carbocycles. The van der Waals surface area contributed by atoms with Crippen molar-refractivity contribution in [3.63, 3.8) is 0 Å². The van der Waals surface area contributed by atoms with E-state index < -0.39 is 21.8 Å². The second-order valence-corrected chi connectivity index (χ2v) is 10.7. The molecule has 2 amide bonds. The molecule has 1 N–H and O–H groups in total. The Hall–Kier alpha value is -3.59. The third kappa shape index (κ3) is 5.02. The zero-order valence-corrected chi connectivity index (χ0v) is 21.6. The van der Waals surface area contributed by atoms with Crippen LogP contribution in [0.25, 0.3) is 10.8 Å². The Bertz CT molecular complexity index is 1550. The molecule has 4 aromatic rings. The van der Waals surface area contributed by atoms with E-state index in [0.717, 1.165) is 5.69 Å². The number of amides is 2. The van der Waals surface area contributed by atoms with Gasteiger partial charge in [-0.1, -0.05) is 47.5 Å². The Morgan fingerprint density at radius 3 is 1.83 bits per heavy atom. The maximum atomic E-state index is 14.0. The summed E-state index contributed by atoms with van der Waals surface area (Å²) in [7, 11) is -0.873. The van der Waals surface area contributed by atoms with Crippen LogP contribution in [-0.2, 0) is 10.0 Å². The summed E-state index contributed by atoms with van der Waals surface area (Å²) in [6.45, 7) is 0. The van der Waals surface area contributed by atoms with Crippen molar-refractivity contribution < 1.29 is 18.0 Å². The molecule has 0 aliphatic rings. The van der Waals surface area contributed by atoms with E-state index in [9.17, 15) is 18.0 Å². The molecule has 7 nitrogen and oxygen atoms in total. The summed E-state index contributed by atoms with van der Waals surface area (Å²) >= 11 is 11.8. The van der Waals surface area contributed by atoms with Crippen molar-refractivity contribution in [1.29, 1.82) is 0 Å². The van der Waals surface area contributed by atoms with Crippen molar-refractivity contribution in [3.8, 4) is 0 Å². The van der Waals surface area contributed by atoms with E-state index in [-0.39, 0.29) is 16.0 Å². The molecule has 0 fully saturated rings. The van der Waals surface area contributed by atoms with E-state index in [4.69, 9.17) is 23.2 Å². The molecular weight excluding hydrogens is 521 g/mol. The molecule has 184 valence electrons. The van der Waals surface area contributed by atoms with E-state index in [1.165, 1.54) is 54.6 Å². The Morgan fingerprint density at radius 1 is 0.722 bits per heavy atom. The first-order valence-electron chi connectivity index (χ1n) is 10.7. The lowest BCUT2D eigenvalue weighted by molar-refractivity contribution is 0.0724. The van der Waals surface area contributed by atoms with E-state index in [1.54, 1.807) is 24.3 Å². The molecule has 0 saturated carbocycles. The molecule has 0 saturated heterocycles. The molecule has 0 spiro atoms. The number of sulfonamides is 1. The van der Waals surface area contributed by atoms with E-state index in [2.05, 4.69) is 5.43 Å². The van der Waals surface area contributed by atoms with Crippen LogP contribution < -0.4 is 10.3 Å². The molecule has 0 bridgehead atoms. The number of nitrogens with zero attached hydrogens (tertiary/aromatic N) is 2. The van der Waals surface area contributed by atoms with Crippen LogP contribution in [-0.4, -0.2) is 38.7 Å². The summed E-state index contributed by atoms with van der Waals surface area (Å²) in [6.07, 6.45) is 0. The molecule has 10 heteroatoms. The number of carbonyl (C=O) groups is 2. The number of hydrazine groups is 1. The van der Waals surface area contributed by atoms with Crippen LogP contribution in [0.4, 0.5) is 5.69 Å². The van der Waals surface area contributed by atoms with Crippen LogP contribution in [0.1, 0.15) is 20.7 Å². The minimum atomic E-state index is -4.56. The number of halogens is 2. The molecule has 0 radical (unpaired) electrons. The van der Waals surface area contributed by atoms with Crippen LogP contribution in [0.5, 0.6) is 0 Å². The molecule has 4 rings (SSSR count). The summed E-state index contributed by atoms with van der Waals surface area (Å²) in [6, 6.07) is 21.5. The van der Waals surface area contributed by atoms with Gasteiger partial charge in [-0.2, -0.15) is 8.42 Å². The van der Waals surface area contributed by atoms with Gasteiger partial charge in [0.15, 0.2) is 0 Å². The van der Waals surface area contributed by atoms with E-state index in [0.29, 0.717) is 25.2 Å². The van der Waals surface area contributed by atoms with Crippen LogP contribution >= 0.6 is 23.2 Å². The van der Waals surface area contributed by atoms with E-state index in [1.807, 2.05) is 25.1 Å². The largest absolute Gasteiger partial charge is 0.377 e. The van der Waals surface area contributed by atoms with Crippen molar-refractivity contribution in [2.24, 2.45) is 0 Å². The predicted octanol–water partition coefficient (Wildman–Crippen LogP) is 5.39. The number of anilines is 1. The average Bonchev–Trinajstić information content (AvgIpc) is 2.86. The minimum absolute atomic E-state index is 0.0219. The molecule has 0 atom stereocenters. The summed E-state index contributed by atoms with van der Waals surface area (Å²) in [5, 5.41) is 1.85. The van der Waals surface area contributed by atoms with Crippen molar-refractivity contribution in [3.05, 3.63) is 106 Å². The van der Waals surface area contributed by atoms with E-state index >= 15 is 0 Å². The van der Waals surface area contributed by atoms with Crippen molar-refractivity contribution in [1.82, 2.24) is 9.84 Å². The van der Waals surface area contributed by atoms with Gasteiger partial charge in [0, 0.05) is 51.7 Å². The first kappa shape index (κ1) is 25.5. The van der Waals surface area contributed by atoms with Crippen molar-refractivity contribution >= 4 is 61.5 Å². The zero-order valence-electron chi connectivity index (χ0n) is 19.3. The number of hydrogen-bond donors (Lipinski definition) is 1. The van der Waals surface area contributed by atoms with Crippen LogP contribution in [0.15, 0.2) is 89.8 Å². The fourth-order valence-electron chi connectivity index (χ4n) is 3.67. The fraction of sp³-hybridized carbons (Fsp3) is 0.0769. The summed E-state index contributed by atoms with van der Waals surface area (Å²) in [5.41, 5.74) is 3.22. The second-order valence-electron chi connectivity index (χ2n) is 8.05. The third-order valence-electron chi connectivity index (χ3n) is 5.44.